The summed E-state index contributed by atoms with van der Waals surface area (Å²) in [5.41, 5.74) is 17.9. The van der Waals surface area contributed by atoms with E-state index in [1.807, 2.05) is 0 Å². The average molecular weight is 956 g/mol. The van der Waals surface area contributed by atoms with E-state index >= 15 is 0 Å². The highest BCUT2D eigenvalue weighted by Gasteiger charge is 2.50. The highest BCUT2D eigenvalue weighted by molar-refractivity contribution is 6.03. The highest BCUT2D eigenvalue weighted by Crippen LogP contribution is 2.48. The monoisotopic (exact) mass is 956 g/mol. The van der Waals surface area contributed by atoms with Crippen molar-refractivity contribution in [2.45, 2.75) is 131 Å². The zero-order chi connectivity index (χ0) is 47.4. The Balaban J connectivity index is 0.00000530. The van der Waals surface area contributed by atoms with E-state index in [0.717, 1.165) is 97.4 Å². The van der Waals surface area contributed by atoms with Crippen molar-refractivity contribution in [3.8, 4) is 11.6 Å². The maximum absolute atomic E-state index is 2.68. The summed E-state index contributed by atoms with van der Waals surface area (Å²) < 4.78 is 18.5. The average Bonchev–Trinajstić information content (AvgIpc) is 4.13. The maximum atomic E-state index is 2.68. The molecule has 0 amide bonds. The van der Waals surface area contributed by atoms with Gasteiger partial charge in [0.05, 0.1) is 48.3 Å². The number of fused-ring (bicyclic) bond motifs is 15. The van der Waals surface area contributed by atoms with Gasteiger partial charge in [0.2, 0.25) is 5.69 Å². The van der Waals surface area contributed by atoms with Crippen molar-refractivity contribution in [3.05, 3.63) is 157 Å². The topological polar surface area (TPSA) is 35.9 Å². The van der Waals surface area contributed by atoms with E-state index in [1.54, 1.807) is 0 Å². The van der Waals surface area contributed by atoms with Gasteiger partial charge in [-0.15, -0.1) is 0 Å². The zero-order valence-corrected chi connectivity index (χ0v) is 41.9. The molecule has 1 atom stereocenters. The molecule has 7 heterocycles. The fourth-order valence-electron chi connectivity index (χ4n) is 13.3. The summed E-state index contributed by atoms with van der Waals surface area (Å²) >= 11 is 0. The molecule has 366 valence electrons. The fourth-order valence-corrected chi connectivity index (χ4v) is 13.3. The summed E-state index contributed by atoms with van der Waals surface area (Å²) in [7, 11) is 0. The third-order valence-corrected chi connectivity index (χ3v) is 16.5. The molecule has 6 aromatic carbocycles. The van der Waals surface area contributed by atoms with E-state index in [-0.39, 0.29) is 7.43 Å². The smallest absolute Gasteiger partial charge is 0.338 e. The van der Waals surface area contributed by atoms with Gasteiger partial charge in [-0.1, -0.05) is 119 Å². The Labute approximate surface area is 426 Å². The van der Waals surface area contributed by atoms with Gasteiger partial charge in [0, 0.05) is 24.7 Å². The summed E-state index contributed by atoms with van der Waals surface area (Å²) in [6.07, 6.45) is 11.6. The van der Waals surface area contributed by atoms with Gasteiger partial charge >= 0.3 is 17.5 Å². The van der Waals surface area contributed by atoms with Crippen LogP contribution in [0.5, 0.6) is 0 Å². The van der Waals surface area contributed by atoms with Crippen LogP contribution in [-0.2, 0) is 39.3 Å². The number of aryl methyl sites for hydroxylation is 5. The van der Waals surface area contributed by atoms with Crippen molar-refractivity contribution in [2.75, 3.05) is 29.4 Å². The largest absolute Gasteiger partial charge is 0.374 e. The first-order valence-electron chi connectivity index (χ1n) is 27.2. The number of benzene rings is 6. The summed E-state index contributed by atoms with van der Waals surface area (Å²) in [6, 6.07) is 54.9. The number of para-hydroxylation sites is 11. The SMILES string of the molecule is C.CCCCn1c2[n+](c3ccccc31)CC[N+]1=C2C(CCCCN2c3ccccc3N(CCCCCn3c4[n+](c5ccccc53)CC[n+]3c-4n(CCCC)c4ccccc43)c3ccccc32)c2ccccc21. The highest BCUT2D eigenvalue weighted by atomic mass is 15.3. The molecular weight excluding hydrogens is 883 g/mol. The van der Waals surface area contributed by atoms with Crippen molar-refractivity contribution in [2.24, 2.45) is 0 Å². The third kappa shape index (κ3) is 7.47. The molecule has 9 aromatic rings. The molecule has 13 rings (SSSR count). The van der Waals surface area contributed by atoms with Gasteiger partial charge < -0.3 is 9.80 Å². The number of hydrogen-bond donors (Lipinski definition) is 0. The molecule has 9 nitrogen and oxygen atoms in total. The third-order valence-electron chi connectivity index (χ3n) is 16.5. The van der Waals surface area contributed by atoms with Gasteiger partial charge in [-0.25, -0.2) is 27.4 Å². The molecule has 3 aromatic heterocycles. The standard InChI is InChI=1S/C62H69N9.CH4/c1-3-5-37-66-53-31-14-17-34-56(53)69-43-42-65-48-26-9-8-24-46(48)47(59(65)60(66)69)25-20-23-40-64-51-29-12-10-27-49(51)63(50-28-11-13-30-52(50)64)39-21-7-22-41-68-55-33-16-19-36-58(55)71-45-44-70-57-35-18-15-32-54(57)67(38-6-4-2)61(70)62(68)71;/h8-19,24,26-36,47H,3-7,20-23,25,37-45H2,1-2H3;1H4/q+4;. The van der Waals surface area contributed by atoms with E-state index in [2.05, 4.69) is 201 Å². The molecular formula is C63H73N9+4. The minimum atomic E-state index is 0. The molecule has 0 saturated carbocycles. The first-order valence-corrected chi connectivity index (χ1v) is 27.2. The predicted octanol–water partition coefficient (Wildman–Crippen LogP) is 12.9. The normalized spacial score (nSPS) is 15.3. The second-order valence-corrected chi connectivity index (χ2v) is 20.5. The minimum Gasteiger partial charge on any atom is -0.338 e. The Kier molecular flexibility index (Phi) is 12.5. The lowest BCUT2D eigenvalue weighted by molar-refractivity contribution is -0.772. The molecule has 0 saturated heterocycles. The van der Waals surface area contributed by atoms with Crippen LogP contribution in [0.1, 0.15) is 103 Å². The molecule has 0 N–H and O–H groups in total. The Morgan fingerprint density at radius 2 is 0.806 bits per heavy atom. The molecule has 0 aliphatic carbocycles. The van der Waals surface area contributed by atoms with E-state index in [4.69, 9.17) is 0 Å². The summed E-state index contributed by atoms with van der Waals surface area (Å²) in [5, 5.41) is 0. The van der Waals surface area contributed by atoms with Crippen molar-refractivity contribution in [1.29, 1.82) is 0 Å². The van der Waals surface area contributed by atoms with Gasteiger partial charge in [-0.2, -0.15) is 4.58 Å². The lowest BCUT2D eigenvalue weighted by Gasteiger charge is -2.40. The Bertz CT molecular complexity index is 3450. The summed E-state index contributed by atoms with van der Waals surface area (Å²) in [4.78, 5) is 5.25. The van der Waals surface area contributed by atoms with E-state index < -0.39 is 0 Å². The van der Waals surface area contributed by atoms with Crippen molar-refractivity contribution >= 4 is 67.2 Å². The van der Waals surface area contributed by atoms with Crippen LogP contribution in [0, 0.1) is 0 Å². The van der Waals surface area contributed by atoms with Crippen LogP contribution in [0.15, 0.2) is 146 Å². The molecule has 0 fully saturated rings. The number of aromatic nitrogens is 6. The Morgan fingerprint density at radius 1 is 0.403 bits per heavy atom. The van der Waals surface area contributed by atoms with E-state index in [1.165, 1.54) is 116 Å². The second kappa shape index (κ2) is 19.5. The van der Waals surface area contributed by atoms with Gasteiger partial charge in [-0.05, 0) is 106 Å². The van der Waals surface area contributed by atoms with Crippen LogP contribution in [0.4, 0.5) is 28.4 Å². The summed E-state index contributed by atoms with van der Waals surface area (Å²) in [6.45, 7) is 13.8. The van der Waals surface area contributed by atoms with Crippen molar-refractivity contribution in [1.82, 2.24) is 13.7 Å². The molecule has 0 spiro atoms. The number of anilines is 4. The molecule has 4 aliphatic rings. The Hall–Kier alpha value is -7.00. The molecule has 1 unspecified atom stereocenters. The number of rotatable bonds is 17. The fraction of sp³-hybridized carbons (Fsp3) is 0.365. The number of imidazole rings is 3. The van der Waals surface area contributed by atoms with E-state index in [9.17, 15) is 0 Å². The Morgan fingerprint density at radius 3 is 1.33 bits per heavy atom. The molecule has 4 aliphatic heterocycles. The number of hydrogen-bond acceptors (Lipinski definition) is 2. The maximum Gasteiger partial charge on any atom is 0.374 e. The number of nitrogens with zero attached hydrogens (tertiary/aromatic N) is 9. The van der Waals surface area contributed by atoms with Gasteiger partial charge in [0.25, 0.3) is 5.71 Å². The van der Waals surface area contributed by atoms with Crippen LogP contribution >= 0.6 is 0 Å². The van der Waals surface area contributed by atoms with Gasteiger partial charge in [-0.3, -0.25) is 0 Å². The van der Waals surface area contributed by atoms with Crippen LogP contribution in [0.25, 0.3) is 44.7 Å². The molecule has 72 heavy (non-hydrogen) atoms. The lowest BCUT2D eigenvalue weighted by atomic mass is 9.90. The quantitative estimate of drug-likeness (QED) is 0.0673. The van der Waals surface area contributed by atoms with Crippen LogP contribution in [0.2, 0.25) is 0 Å². The zero-order valence-electron chi connectivity index (χ0n) is 41.9. The van der Waals surface area contributed by atoms with Crippen LogP contribution < -0.4 is 23.5 Å². The van der Waals surface area contributed by atoms with Gasteiger partial charge in [0.15, 0.2) is 46.2 Å². The van der Waals surface area contributed by atoms with Crippen molar-refractivity contribution in [3.63, 3.8) is 0 Å². The first-order chi connectivity index (χ1) is 35.2. The summed E-state index contributed by atoms with van der Waals surface area (Å²) in [5.74, 6) is 4.55. The van der Waals surface area contributed by atoms with Crippen LogP contribution in [0.3, 0.4) is 0 Å². The molecule has 0 radical (unpaired) electrons. The van der Waals surface area contributed by atoms with Crippen LogP contribution in [-0.4, -0.2) is 43.6 Å². The lowest BCUT2D eigenvalue weighted by Crippen LogP contribution is -2.53. The van der Waals surface area contributed by atoms with Gasteiger partial charge in [0.1, 0.15) is 13.1 Å². The predicted molar refractivity (Wildman–Crippen MR) is 295 cm³/mol. The van der Waals surface area contributed by atoms with Crippen molar-refractivity contribution < 1.29 is 18.3 Å². The molecule has 0 bridgehead atoms. The van der Waals surface area contributed by atoms with E-state index in [0.29, 0.717) is 5.92 Å². The molecule has 9 heteroatoms. The number of unbranched alkanes of at least 4 members (excludes halogenated alkanes) is 5. The first kappa shape index (κ1) is 46.1. The second-order valence-electron chi connectivity index (χ2n) is 20.5. The minimum absolute atomic E-state index is 0.